The van der Waals surface area contributed by atoms with E-state index in [1.165, 1.54) is 19.3 Å². The smallest absolute Gasteiger partial charge is 0.330 e. The molecule has 1 fully saturated rings. The van der Waals surface area contributed by atoms with E-state index in [2.05, 4.69) is 23.5 Å². The van der Waals surface area contributed by atoms with E-state index in [0.717, 1.165) is 19.4 Å². The highest BCUT2D eigenvalue weighted by molar-refractivity contribution is 5.91. The quantitative estimate of drug-likeness (QED) is 0.311. The Morgan fingerprint density at radius 3 is 2.63 bits per heavy atom. The van der Waals surface area contributed by atoms with Crippen molar-refractivity contribution in [2.45, 2.75) is 39.7 Å². The number of methoxy groups -OCH3 is 1. The Morgan fingerprint density at radius 2 is 2.07 bits per heavy atom. The Morgan fingerprint density at radius 1 is 1.41 bits per heavy atom. The van der Waals surface area contributed by atoms with Crippen molar-refractivity contribution in [3.05, 3.63) is 40.0 Å². The number of carbonyl (C=O) groups excluding carboxylic acids is 1. The van der Waals surface area contributed by atoms with Crippen LogP contribution in [0.25, 0.3) is 5.57 Å². The molecule has 0 bridgehead atoms. The Labute approximate surface area is 160 Å². The fraction of sp³-hybridized carbons (Fsp3) is 0.550. The molecule has 7 nitrogen and oxygen atoms in total. The molecule has 27 heavy (non-hydrogen) atoms. The van der Waals surface area contributed by atoms with Crippen molar-refractivity contribution < 1.29 is 19.2 Å². The summed E-state index contributed by atoms with van der Waals surface area (Å²) in [6.07, 6.45) is 3.04. The first-order chi connectivity index (χ1) is 12.8. The predicted molar refractivity (Wildman–Crippen MR) is 105 cm³/mol. The number of anilines is 1. The molecule has 0 atom stereocenters. The standard InChI is InChI=1S/C20H28N2O5/c1-14(2)13-21(17-7-9-27-10-8-17)18-6-5-16(12-19(18)22(24)25)15(3)11-20(23)26-4/h5-6,11-12,14,17H,7-10,13H2,1-4H3. The van der Waals surface area contributed by atoms with Crippen LogP contribution in [0.2, 0.25) is 0 Å². The molecule has 1 aromatic rings. The summed E-state index contributed by atoms with van der Waals surface area (Å²) in [5.74, 6) is -0.115. The number of rotatable bonds is 7. The number of carbonyl (C=O) groups is 1. The van der Waals surface area contributed by atoms with Crippen molar-refractivity contribution in [2.75, 3.05) is 31.8 Å². The van der Waals surface area contributed by atoms with Crippen LogP contribution in [0.4, 0.5) is 11.4 Å². The number of nitrogens with zero attached hydrogens (tertiary/aromatic N) is 2. The van der Waals surface area contributed by atoms with E-state index in [1.54, 1.807) is 13.0 Å². The molecule has 7 heteroatoms. The van der Waals surface area contributed by atoms with Gasteiger partial charge in [-0.15, -0.1) is 0 Å². The summed E-state index contributed by atoms with van der Waals surface area (Å²) in [4.78, 5) is 25.1. The molecule has 0 amide bonds. The molecule has 1 saturated heterocycles. The van der Waals surface area contributed by atoms with Gasteiger partial charge in [-0.1, -0.05) is 19.9 Å². The molecule has 0 saturated carbocycles. The van der Waals surface area contributed by atoms with Crippen LogP contribution in [0.1, 0.15) is 39.2 Å². The summed E-state index contributed by atoms with van der Waals surface area (Å²) in [7, 11) is 1.30. The third-order valence-electron chi connectivity index (χ3n) is 4.67. The average Bonchev–Trinajstić information content (AvgIpc) is 2.66. The average molecular weight is 376 g/mol. The molecular weight excluding hydrogens is 348 g/mol. The van der Waals surface area contributed by atoms with E-state index in [9.17, 15) is 14.9 Å². The van der Waals surface area contributed by atoms with Gasteiger partial charge in [-0.2, -0.15) is 0 Å². The summed E-state index contributed by atoms with van der Waals surface area (Å²) < 4.78 is 10.1. The van der Waals surface area contributed by atoms with E-state index < -0.39 is 5.97 Å². The van der Waals surface area contributed by atoms with Gasteiger partial charge in [0.25, 0.3) is 5.69 Å². The molecule has 1 aliphatic heterocycles. The van der Waals surface area contributed by atoms with Crippen LogP contribution < -0.4 is 4.90 Å². The Hall–Kier alpha value is -2.41. The first-order valence-electron chi connectivity index (χ1n) is 9.23. The lowest BCUT2D eigenvalue weighted by Crippen LogP contribution is -2.42. The van der Waals surface area contributed by atoms with E-state index in [0.29, 0.717) is 36.0 Å². The number of esters is 1. The Bertz CT molecular complexity index is 708. The first-order valence-corrected chi connectivity index (χ1v) is 9.23. The maximum atomic E-state index is 11.8. The van der Waals surface area contributed by atoms with E-state index in [1.807, 2.05) is 6.07 Å². The van der Waals surface area contributed by atoms with Crippen molar-refractivity contribution in [3.63, 3.8) is 0 Å². The van der Waals surface area contributed by atoms with Crippen molar-refractivity contribution in [1.82, 2.24) is 0 Å². The van der Waals surface area contributed by atoms with Crippen molar-refractivity contribution in [1.29, 1.82) is 0 Å². The number of ether oxygens (including phenoxy) is 2. The Kier molecular flexibility index (Phi) is 7.36. The number of nitro groups is 1. The minimum atomic E-state index is -0.483. The van der Waals surface area contributed by atoms with Crippen LogP contribution >= 0.6 is 0 Å². The highest BCUT2D eigenvalue weighted by Crippen LogP contribution is 2.35. The van der Waals surface area contributed by atoms with Crippen LogP contribution in [0.3, 0.4) is 0 Å². The molecule has 148 valence electrons. The lowest BCUT2D eigenvalue weighted by Gasteiger charge is -2.37. The zero-order chi connectivity index (χ0) is 20.0. The predicted octanol–water partition coefficient (Wildman–Crippen LogP) is 3.81. The topological polar surface area (TPSA) is 81.9 Å². The summed E-state index contributed by atoms with van der Waals surface area (Å²) in [5, 5.41) is 11.8. The van der Waals surface area contributed by atoms with Gasteiger partial charge in [0, 0.05) is 37.9 Å². The van der Waals surface area contributed by atoms with Crippen LogP contribution in [0, 0.1) is 16.0 Å². The molecule has 0 unspecified atom stereocenters. The molecule has 0 aliphatic carbocycles. The normalized spacial score (nSPS) is 15.7. The van der Waals surface area contributed by atoms with Gasteiger partial charge in [0.05, 0.1) is 12.0 Å². The first kappa shape index (κ1) is 20.9. The minimum absolute atomic E-state index is 0.0530. The van der Waals surface area contributed by atoms with E-state index >= 15 is 0 Å². The number of allylic oxidation sites excluding steroid dienone is 1. The highest BCUT2D eigenvalue weighted by atomic mass is 16.6. The molecule has 0 spiro atoms. The molecule has 0 aromatic heterocycles. The maximum absolute atomic E-state index is 11.8. The van der Waals surface area contributed by atoms with Gasteiger partial charge in [-0.05, 0) is 42.9 Å². The zero-order valence-corrected chi connectivity index (χ0v) is 16.4. The molecule has 1 aliphatic rings. The van der Waals surface area contributed by atoms with E-state index in [4.69, 9.17) is 4.74 Å². The second-order valence-electron chi connectivity index (χ2n) is 7.20. The second-order valence-corrected chi connectivity index (χ2v) is 7.20. The largest absolute Gasteiger partial charge is 0.466 e. The summed E-state index contributed by atoms with van der Waals surface area (Å²) in [5.41, 5.74) is 1.93. The van der Waals surface area contributed by atoms with Gasteiger partial charge in [-0.25, -0.2) is 4.79 Å². The van der Waals surface area contributed by atoms with Gasteiger partial charge in [0.1, 0.15) is 5.69 Å². The molecule has 0 radical (unpaired) electrons. The summed E-state index contributed by atoms with van der Waals surface area (Å²) >= 11 is 0. The fourth-order valence-corrected chi connectivity index (χ4v) is 3.31. The lowest BCUT2D eigenvalue weighted by molar-refractivity contribution is -0.384. The third kappa shape index (κ3) is 5.53. The minimum Gasteiger partial charge on any atom is -0.466 e. The van der Waals surface area contributed by atoms with E-state index in [-0.39, 0.29) is 16.7 Å². The van der Waals surface area contributed by atoms with Crippen LogP contribution in [0.15, 0.2) is 24.3 Å². The third-order valence-corrected chi connectivity index (χ3v) is 4.67. The van der Waals surface area contributed by atoms with Crippen molar-refractivity contribution >= 4 is 22.9 Å². The van der Waals surface area contributed by atoms with Crippen LogP contribution in [0.5, 0.6) is 0 Å². The molecular formula is C20H28N2O5. The maximum Gasteiger partial charge on any atom is 0.330 e. The number of benzene rings is 1. The fourth-order valence-electron chi connectivity index (χ4n) is 3.31. The molecule has 1 aromatic carbocycles. The van der Waals surface area contributed by atoms with Crippen molar-refractivity contribution in [3.8, 4) is 0 Å². The van der Waals surface area contributed by atoms with Gasteiger partial charge in [-0.3, -0.25) is 10.1 Å². The van der Waals surface area contributed by atoms with Gasteiger partial charge in [0.15, 0.2) is 0 Å². The van der Waals surface area contributed by atoms with Crippen LogP contribution in [-0.4, -0.2) is 43.8 Å². The summed E-state index contributed by atoms with van der Waals surface area (Å²) in [6, 6.07) is 5.37. The van der Waals surface area contributed by atoms with Gasteiger partial charge < -0.3 is 14.4 Å². The van der Waals surface area contributed by atoms with Gasteiger partial charge in [0.2, 0.25) is 0 Å². The number of nitro benzene ring substituents is 1. The lowest BCUT2D eigenvalue weighted by atomic mass is 10.0. The molecule has 2 rings (SSSR count). The number of hydrogen-bond acceptors (Lipinski definition) is 6. The summed E-state index contributed by atoms with van der Waals surface area (Å²) in [6.45, 7) is 8.03. The SMILES string of the molecule is COC(=O)C=C(C)c1ccc(N(CC(C)C)C2CCOCC2)c([N+](=O)[O-])c1. The molecule has 1 heterocycles. The zero-order valence-electron chi connectivity index (χ0n) is 16.4. The van der Waals surface area contributed by atoms with Crippen molar-refractivity contribution in [2.24, 2.45) is 5.92 Å². The monoisotopic (exact) mass is 376 g/mol. The second kappa shape index (κ2) is 9.50. The van der Waals surface area contributed by atoms with Gasteiger partial charge >= 0.3 is 5.97 Å². The number of hydrogen-bond donors (Lipinski definition) is 0. The Balaban J connectivity index is 2.44. The highest BCUT2D eigenvalue weighted by Gasteiger charge is 2.28. The molecule has 0 N–H and O–H groups in total. The van der Waals surface area contributed by atoms with Crippen LogP contribution in [-0.2, 0) is 14.3 Å².